The minimum atomic E-state index is 0.537. The number of aromatic nitrogens is 1. The lowest BCUT2D eigenvalue weighted by atomic mass is 10.0. The first-order chi connectivity index (χ1) is 8.70. The number of rotatable bonds is 4. The van der Waals surface area contributed by atoms with Crippen LogP contribution in [0.5, 0.6) is 0 Å². The van der Waals surface area contributed by atoms with E-state index in [0.29, 0.717) is 5.92 Å². The van der Waals surface area contributed by atoms with Gasteiger partial charge in [0.15, 0.2) is 0 Å². The van der Waals surface area contributed by atoms with E-state index in [1.54, 1.807) is 0 Å². The summed E-state index contributed by atoms with van der Waals surface area (Å²) in [4.78, 5) is 5.86. The van der Waals surface area contributed by atoms with Crippen LogP contribution in [-0.4, -0.2) is 10.7 Å². The highest BCUT2D eigenvalue weighted by molar-refractivity contribution is 7.99. The molecule has 0 spiro atoms. The van der Waals surface area contributed by atoms with Crippen molar-refractivity contribution < 1.29 is 0 Å². The third kappa shape index (κ3) is 3.14. The van der Waals surface area contributed by atoms with Gasteiger partial charge in [-0.15, -0.1) is 11.8 Å². The first kappa shape index (κ1) is 13.2. The molecule has 18 heavy (non-hydrogen) atoms. The van der Waals surface area contributed by atoms with Gasteiger partial charge in [-0.2, -0.15) is 0 Å². The summed E-state index contributed by atoms with van der Waals surface area (Å²) >= 11 is 1.87. The monoisotopic (exact) mass is 257 g/mol. The van der Waals surface area contributed by atoms with Gasteiger partial charge < -0.3 is 0 Å². The Labute approximate surface area is 114 Å². The van der Waals surface area contributed by atoms with Gasteiger partial charge in [-0.05, 0) is 35.4 Å². The van der Waals surface area contributed by atoms with Crippen LogP contribution in [0, 0.1) is 0 Å². The molecule has 2 heteroatoms. The summed E-state index contributed by atoms with van der Waals surface area (Å²) in [5, 5.41) is 0. The molecule has 2 aromatic rings. The van der Waals surface area contributed by atoms with Crippen LogP contribution in [0.2, 0.25) is 0 Å². The number of pyridine rings is 1. The molecule has 1 nitrogen and oxygen atoms in total. The number of thioether (sulfide) groups is 1. The fraction of sp³-hybridized carbons (Fsp3) is 0.312. The summed E-state index contributed by atoms with van der Waals surface area (Å²) in [6.45, 7) is 6.55. The molecule has 0 unspecified atom stereocenters. The predicted octanol–water partition coefficient (Wildman–Crippen LogP) is 4.98. The van der Waals surface area contributed by atoms with Crippen LogP contribution in [0.25, 0.3) is 11.3 Å². The molecule has 0 bridgehead atoms. The zero-order chi connectivity index (χ0) is 13.0. The van der Waals surface area contributed by atoms with Crippen molar-refractivity contribution in [3.8, 4) is 11.3 Å². The summed E-state index contributed by atoms with van der Waals surface area (Å²) in [6, 6.07) is 12.9. The van der Waals surface area contributed by atoms with Gasteiger partial charge in [0.05, 0.1) is 5.69 Å². The number of hydrogen-bond acceptors (Lipinski definition) is 2. The molecule has 0 saturated heterocycles. The van der Waals surface area contributed by atoms with Gasteiger partial charge in [0, 0.05) is 16.7 Å². The van der Waals surface area contributed by atoms with Crippen molar-refractivity contribution in [3.05, 3.63) is 48.2 Å². The summed E-state index contributed by atoms with van der Waals surface area (Å²) in [6.07, 6.45) is 1.98. The van der Waals surface area contributed by atoms with Crippen LogP contribution < -0.4 is 0 Å². The van der Waals surface area contributed by atoms with Crippen LogP contribution in [0.3, 0.4) is 0 Å². The first-order valence-electron chi connectivity index (χ1n) is 6.40. The average molecular weight is 257 g/mol. The molecular formula is C16H19NS. The molecule has 2 rings (SSSR count). The van der Waals surface area contributed by atoms with Crippen molar-refractivity contribution in [3.63, 3.8) is 0 Å². The zero-order valence-electron chi connectivity index (χ0n) is 11.2. The SMILES string of the molecule is CCSc1ccc(-c2ccc(C(C)C)cn2)cc1. The van der Waals surface area contributed by atoms with Crippen LogP contribution >= 0.6 is 11.8 Å². The molecule has 94 valence electrons. The Hall–Kier alpha value is -1.28. The molecule has 1 heterocycles. The minimum Gasteiger partial charge on any atom is -0.256 e. The van der Waals surface area contributed by atoms with Crippen molar-refractivity contribution in [2.75, 3.05) is 5.75 Å². The van der Waals surface area contributed by atoms with Gasteiger partial charge in [0.1, 0.15) is 0 Å². The lowest BCUT2D eigenvalue weighted by Gasteiger charge is -2.06. The highest BCUT2D eigenvalue weighted by Gasteiger charge is 2.02. The minimum absolute atomic E-state index is 0.537. The smallest absolute Gasteiger partial charge is 0.0702 e. The molecule has 0 radical (unpaired) electrons. The predicted molar refractivity (Wildman–Crippen MR) is 80.2 cm³/mol. The number of benzene rings is 1. The van der Waals surface area contributed by atoms with Gasteiger partial charge in [-0.1, -0.05) is 39.0 Å². The van der Waals surface area contributed by atoms with Gasteiger partial charge in [0.25, 0.3) is 0 Å². The van der Waals surface area contributed by atoms with Gasteiger partial charge in [-0.3, -0.25) is 4.98 Å². The van der Waals surface area contributed by atoms with E-state index in [4.69, 9.17) is 0 Å². The molecule has 0 atom stereocenters. The van der Waals surface area contributed by atoms with Gasteiger partial charge >= 0.3 is 0 Å². The molecule has 0 amide bonds. The van der Waals surface area contributed by atoms with Gasteiger partial charge in [-0.25, -0.2) is 0 Å². The molecule has 0 fully saturated rings. The third-order valence-electron chi connectivity index (χ3n) is 2.91. The van der Waals surface area contributed by atoms with E-state index in [1.165, 1.54) is 16.0 Å². The highest BCUT2D eigenvalue weighted by atomic mass is 32.2. The Kier molecular flexibility index (Phi) is 4.43. The topological polar surface area (TPSA) is 12.9 Å². The van der Waals surface area contributed by atoms with Crippen LogP contribution in [0.15, 0.2) is 47.5 Å². The fourth-order valence-corrected chi connectivity index (χ4v) is 2.47. The first-order valence-corrected chi connectivity index (χ1v) is 7.38. The number of nitrogens with zero attached hydrogens (tertiary/aromatic N) is 1. The lowest BCUT2D eigenvalue weighted by Crippen LogP contribution is -1.90. The normalized spacial score (nSPS) is 10.9. The Balaban J connectivity index is 2.20. The summed E-state index contributed by atoms with van der Waals surface area (Å²) < 4.78 is 0. The largest absolute Gasteiger partial charge is 0.256 e. The van der Waals surface area contributed by atoms with Gasteiger partial charge in [0.2, 0.25) is 0 Å². The third-order valence-corrected chi connectivity index (χ3v) is 3.81. The van der Waals surface area contributed by atoms with E-state index in [1.807, 2.05) is 18.0 Å². The fourth-order valence-electron chi connectivity index (χ4n) is 1.81. The maximum absolute atomic E-state index is 4.54. The van der Waals surface area contributed by atoms with E-state index in [-0.39, 0.29) is 0 Å². The van der Waals surface area contributed by atoms with Crippen LogP contribution in [0.1, 0.15) is 32.3 Å². The summed E-state index contributed by atoms with van der Waals surface area (Å²) in [5.41, 5.74) is 3.52. The van der Waals surface area contributed by atoms with Crippen LogP contribution in [-0.2, 0) is 0 Å². The van der Waals surface area contributed by atoms with Crippen molar-refractivity contribution >= 4 is 11.8 Å². The van der Waals surface area contributed by atoms with E-state index in [2.05, 4.69) is 62.2 Å². The molecule has 0 N–H and O–H groups in total. The highest BCUT2D eigenvalue weighted by Crippen LogP contribution is 2.23. The maximum Gasteiger partial charge on any atom is 0.0702 e. The quantitative estimate of drug-likeness (QED) is 0.716. The zero-order valence-corrected chi connectivity index (χ0v) is 12.0. The van der Waals surface area contributed by atoms with E-state index < -0.39 is 0 Å². The van der Waals surface area contributed by atoms with Crippen LogP contribution in [0.4, 0.5) is 0 Å². The number of hydrogen-bond donors (Lipinski definition) is 0. The van der Waals surface area contributed by atoms with Crippen molar-refractivity contribution in [1.29, 1.82) is 0 Å². The van der Waals surface area contributed by atoms with Crippen molar-refractivity contribution in [2.45, 2.75) is 31.6 Å². The second-order valence-corrected chi connectivity index (χ2v) is 5.93. The Morgan fingerprint density at radius 1 is 1.06 bits per heavy atom. The second kappa shape index (κ2) is 6.05. The molecule has 0 aliphatic rings. The molecule has 0 saturated carbocycles. The lowest BCUT2D eigenvalue weighted by molar-refractivity contribution is 0.859. The summed E-state index contributed by atoms with van der Waals surface area (Å²) in [5.74, 6) is 1.65. The Bertz CT molecular complexity index is 486. The molecule has 0 aliphatic carbocycles. The molecular weight excluding hydrogens is 238 g/mol. The van der Waals surface area contributed by atoms with Crippen molar-refractivity contribution in [1.82, 2.24) is 4.98 Å². The standard InChI is InChI=1S/C16H19NS/c1-4-18-15-8-5-13(6-9-15)16-10-7-14(11-17-16)12(2)3/h5-12H,4H2,1-3H3. The van der Waals surface area contributed by atoms with Crippen molar-refractivity contribution in [2.24, 2.45) is 0 Å². The maximum atomic E-state index is 4.54. The van der Waals surface area contributed by atoms with E-state index in [0.717, 1.165) is 11.4 Å². The van der Waals surface area contributed by atoms with E-state index in [9.17, 15) is 0 Å². The Morgan fingerprint density at radius 3 is 2.28 bits per heavy atom. The molecule has 1 aromatic heterocycles. The second-order valence-electron chi connectivity index (χ2n) is 4.59. The molecule has 1 aromatic carbocycles. The Morgan fingerprint density at radius 2 is 1.78 bits per heavy atom. The summed E-state index contributed by atoms with van der Waals surface area (Å²) in [7, 11) is 0. The van der Waals surface area contributed by atoms with E-state index >= 15 is 0 Å². The molecule has 0 aliphatic heterocycles. The average Bonchev–Trinajstić information content (AvgIpc) is 2.40.